The van der Waals surface area contributed by atoms with E-state index in [0.29, 0.717) is 0 Å². The molecular formula is C34H26N4O2. The van der Waals surface area contributed by atoms with Crippen molar-refractivity contribution in [3.05, 3.63) is 122 Å². The number of hydrogen-bond acceptors (Lipinski definition) is 6. The maximum atomic E-state index is 5.37. The molecule has 0 unspecified atom stereocenters. The third-order valence-electron chi connectivity index (χ3n) is 6.61. The Morgan fingerprint density at radius 2 is 0.775 bits per heavy atom. The van der Waals surface area contributed by atoms with Crippen molar-refractivity contribution in [3.63, 3.8) is 0 Å². The lowest BCUT2D eigenvalue weighted by atomic mass is 10.00. The average molecular weight is 523 g/mol. The van der Waals surface area contributed by atoms with Crippen LogP contribution in [0.15, 0.2) is 122 Å². The molecule has 0 N–H and O–H groups in total. The number of pyridine rings is 4. The molecule has 4 heterocycles. The van der Waals surface area contributed by atoms with Gasteiger partial charge in [0.2, 0.25) is 0 Å². The van der Waals surface area contributed by atoms with Gasteiger partial charge in [-0.2, -0.15) is 0 Å². The highest BCUT2D eigenvalue weighted by molar-refractivity contribution is 5.79. The summed E-state index contributed by atoms with van der Waals surface area (Å²) >= 11 is 0. The van der Waals surface area contributed by atoms with Crippen LogP contribution in [0.3, 0.4) is 0 Å². The fourth-order valence-corrected chi connectivity index (χ4v) is 4.51. The normalized spacial score (nSPS) is 10.8. The molecule has 0 aliphatic rings. The second kappa shape index (κ2) is 11.2. The Balaban J connectivity index is 1.55. The first-order chi connectivity index (χ1) is 19.7. The summed E-state index contributed by atoms with van der Waals surface area (Å²) in [7, 11) is 3.33. The number of hydrogen-bond donors (Lipinski definition) is 0. The summed E-state index contributed by atoms with van der Waals surface area (Å²) in [6.07, 6.45) is 3.55. The van der Waals surface area contributed by atoms with E-state index in [-0.39, 0.29) is 0 Å². The van der Waals surface area contributed by atoms with Crippen LogP contribution in [0.25, 0.3) is 56.4 Å². The Morgan fingerprint density at radius 3 is 1.10 bits per heavy atom. The van der Waals surface area contributed by atoms with Gasteiger partial charge in [0.05, 0.1) is 48.4 Å². The van der Waals surface area contributed by atoms with Gasteiger partial charge in [-0.3, -0.25) is 9.97 Å². The van der Waals surface area contributed by atoms with Crippen molar-refractivity contribution in [2.75, 3.05) is 14.2 Å². The van der Waals surface area contributed by atoms with Gasteiger partial charge in [-0.25, -0.2) is 9.97 Å². The lowest BCUT2D eigenvalue weighted by Gasteiger charge is -2.13. The molecule has 0 spiro atoms. The zero-order valence-electron chi connectivity index (χ0n) is 22.2. The van der Waals surface area contributed by atoms with Crippen molar-refractivity contribution >= 4 is 0 Å². The third kappa shape index (κ3) is 5.28. The molecule has 0 saturated heterocycles. The highest BCUT2D eigenvalue weighted by Crippen LogP contribution is 2.33. The van der Waals surface area contributed by atoms with E-state index < -0.39 is 0 Å². The van der Waals surface area contributed by atoms with Gasteiger partial charge in [0, 0.05) is 12.4 Å². The highest BCUT2D eigenvalue weighted by Gasteiger charge is 2.14. The molecule has 6 rings (SSSR count). The van der Waals surface area contributed by atoms with Crippen molar-refractivity contribution in [2.45, 2.75) is 0 Å². The van der Waals surface area contributed by atoms with Crippen LogP contribution in [0.1, 0.15) is 0 Å². The van der Waals surface area contributed by atoms with Crippen LogP contribution in [-0.4, -0.2) is 34.2 Å². The molecule has 0 saturated carbocycles. The molecule has 4 aromatic heterocycles. The first-order valence-electron chi connectivity index (χ1n) is 12.9. The lowest BCUT2D eigenvalue weighted by Crippen LogP contribution is -1.97. The van der Waals surface area contributed by atoms with E-state index in [4.69, 9.17) is 19.4 Å². The molecule has 0 aliphatic heterocycles. The van der Waals surface area contributed by atoms with Gasteiger partial charge in [0.25, 0.3) is 0 Å². The fourth-order valence-electron chi connectivity index (χ4n) is 4.51. The first kappa shape index (κ1) is 24.9. The number of ether oxygens (including phenoxy) is 2. The molecule has 6 aromatic rings. The summed E-state index contributed by atoms with van der Waals surface area (Å²) in [5.41, 5.74) is 8.66. The molecule has 6 heteroatoms. The summed E-state index contributed by atoms with van der Waals surface area (Å²) in [5, 5.41) is 0. The van der Waals surface area contributed by atoms with Crippen LogP contribution in [0.2, 0.25) is 0 Å². The predicted molar refractivity (Wildman–Crippen MR) is 158 cm³/mol. The maximum Gasteiger partial charge on any atom is 0.118 e. The fraction of sp³-hybridized carbons (Fsp3) is 0.0588. The maximum absolute atomic E-state index is 5.37. The van der Waals surface area contributed by atoms with Gasteiger partial charge in [-0.05, 0) is 95.1 Å². The van der Waals surface area contributed by atoms with E-state index in [0.717, 1.165) is 67.9 Å². The van der Waals surface area contributed by atoms with E-state index >= 15 is 0 Å². The highest BCUT2D eigenvalue weighted by atomic mass is 16.5. The number of nitrogens with zero attached hydrogens (tertiary/aromatic N) is 4. The van der Waals surface area contributed by atoms with Crippen molar-refractivity contribution < 1.29 is 9.47 Å². The Morgan fingerprint density at radius 1 is 0.400 bits per heavy atom. The summed E-state index contributed by atoms with van der Waals surface area (Å²) < 4.78 is 10.7. The van der Waals surface area contributed by atoms with Gasteiger partial charge < -0.3 is 9.47 Å². The largest absolute Gasteiger partial charge is 0.497 e. The summed E-state index contributed by atoms with van der Waals surface area (Å²) in [6, 6.07) is 35.9. The molecular weight excluding hydrogens is 496 g/mol. The van der Waals surface area contributed by atoms with E-state index in [1.54, 1.807) is 26.6 Å². The van der Waals surface area contributed by atoms with Crippen molar-refractivity contribution in [1.29, 1.82) is 0 Å². The Labute approximate surface area is 233 Å². The van der Waals surface area contributed by atoms with Crippen LogP contribution in [-0.2, 0) is 0 Å². The molecule has 2 aromatic carbocycles. The first-order valence-corrected chi connectivity index (χ1v) is 12.9. The van der Waals surface area contributed by atoms with Gasteiger partial charge in [0.15, 0.2) is 0 Å². The monoisotopic (exact) mass is 522 g/mol. The smallest absolute Gasteiger partial charge is 0.118 e. The van der Waals surface area contributed by atoms with Gasteiger partial charge >= 0.3 is 0 Å². The molecule has 0 bridgehead atoms. The number of aromatic nitrogens is 4. The topological polar surface area (TPSA) is 70.0 Å². The van der Waals surface area contributed by atoms with E-state index in [2.05, 4.69) is 34.2 Å². The third-order valence-corrected chi connectivity index (χ3v) is 6.61. The van der Waals surface area contributed by atoms with Gasteiger partial charge in [-0.15, -0.1) is 0 Å². The number of benzene rings is 2. The Kier molecular flexibility index (Phi) is 6.97. The summed E-state index contributed by atoms with van der Waals surface area (Å²) in [4.78, 5) is 19.2. The second-order valence-corrected chi connectivity index (χ2v) is 9.14. The molecule has 0 atom stereocenters. The van der Waals surface area contributed by atoms with E-state index in [1.807, 2.05) is 84.9 Å². The number of rotatable bonds is 7. The zero-order valence-corrected chi connectivity index (χ0v) is 22.2. The molecule has 0 fully saturated rings. The SMILES string of the molecule is COc1ccc(-c2cc(-c3ccccn3)nc(-c3cc(-c4ccc(OC)cc4)cc(-c4ccccn4)n3)c2)cc1. The van der Waals surface area contributed by atoms with Crippen molar-refractivity contribution in [1.82, 2.24) is 19.9 Å². The number of methoxy groups -OCH3 is 2. The molecule has 0 radical (unpaired) electrons. The lowest BCUT2D eigenvalue weighted by molar-refractivity contribution is 0.415. The summed E-state index contributed by atoms with van der Waals surface area (Å²) in [6.45, 7) is 0. The Hall–Kier alpha value is -5.36. The molecule has 6 nitrogen and oxygen atoms in total. The van der Waals surface area contributed by atoms with Crippen molar-refractivity contribution in [2.24, 2.45) is 0 Å². The van der Waals surface area contributed by atoms with Gasteiger partial charge in [-0.1, -0.05) is 36.4 Å². The average Bonchev–Trinajstić information content (AvgIpc) is 3.05. The standard InChI is InChI=1S/C34H26N4O2/c1-39-27-13-9-23(10-14-27)25-19-31(29-7-3-5-17-35-29)37-33(21-25)34-22-26(24-11-15-28(40-2)16-12-24)20-32(38-34)30-8-4-6-18-36-30/h3-22H,1-2H3. The van der Waals surface area contributed by atoms with Crippen LogP contribution in [0.4, 0.5) is 0 Å². The van der Waals surface area contributed by atoms with Crippen LogP contribution in [0.5, 0.6) is 11.5 Å². The molecule has 40 heavy (non-hydrogen) atoms. The van der Waals surface area contributed by atoms with E-state index in [9.17, 15) is 0 Å². The predicted octanol–water partition coefficient (Wildman–Crippen LogP) is 7.62. The van der Waals surface area contributed by atoms with Crippen LogP contribution in [0, 0.1) is 0 Å². The van der Waals surface area contributed by atoms with E-state index in [1.165, 1.54) is 0 Å². The zero-order chi connectivity index (χ0) is 27.3. The van der Waals surface area contributed by atoms with Crippen LogP contribution >= 0.6 is 0 Å². The van der Waals surface area contributed by atoms with Gasteiger partial charge in [0.1, 0.15) is 11.5 Å². The summed E-state index contributed by atoms with van der Waals surface area (Å²) in [5.74, 6) is 1.61. The van der Waals surface area contributed by atoms with Crippen LogP contribution < -0.4 is 9.47 Å². The molecule has 194 valence electrons. The van der Waals surface area contributed by atoms with Crippen molar-refractivity contribution in [3.8, 4) is 67.9 Å². The molecule has 0 aliphatic carbocycles. The second-order valence-electron chi connectivity index (χ2n) is 9.14. The Bertz CT molecular complexity index is 1610. The quantitative estimate of drug-likeness (QED) is 0.215. The minimum absolute atomic E-state index is 0.738. The minimum Gasteiger partial charge on any atom is -0.497 e. The minimum atomic E-state index is 0.738. The molecule has 0 amide bonds.